The first-order valence-electron chi connectivity index (χ1n) is 12.7. The summed E-state index contributed by atoms with van der Waals surface area (Å²) in [5.74, 6) is 0.124. The van der Waals surface area contributed by atoms with Crippen LogP contribution in [0.3, 0.4) is 0 Å². The standard InChI is InChI=1S/C31H34ClNO3S/c1-30(2,36)26-11-4-3-8-23(26)14-16-27(37-21-31(17-18-31)20-29(34)35)24-9-5-7-22(19-24)13-15-25-10-6-12-28(32)33-25/h3-13,15,19,27,36H,14,16-18,20-21H2,1-2H3,(H,34,35)/b15-13+/t27-/m1/s1. The SMILES string of the molecule is CC(C)(O)c1ccccc1CC[C@@H](SCC1(CC(=O)O)CC1)c1cccc(/C=C/c2cccc(Cl)n2)c1. The molecule has 1 saturated carbocycles. The Morgan fingerprint density at radius 2 is 1.86 bits per heavy atom. The maximum absolute atomic E-state index is 11.4. The van der Waals surface area contributed by atoms with Gasteiger partial charge in [-0.1, -0.05) is 72.3 Å². The van der Waals surface area contributed by atoms with Crippen molar-refractivity contribution < 1.29 is 15.0 Å². The highest BCUT2D eigenvalue weighted by atomic mass is 35.5. The molecule has 37 heavy (non-hydrogen) atoms. The number of aromatic nitrogens is 1. The maximum Gasteiger partial charge on any atom is 0.303 e. The third kappa shape index (κ3) is 7.94. The Kier molecular flexibility index (Phi) is 8.79. The number of halogens is 1. The second-order valence-electron chi connectivity index (χ2n) is 10.5. The van der Waals surface area contributed by atoms with Gasteiger partial charge in [-0.25, -0.2) is 4.98 Å². The third-order valence-corrected chi connectivity index (χ3v) is 8.79. The van der Waals surface area contributed by atoms with Gasteiger partial charge in [0.2, 0.25) is 0 Å². The topological polar surface area (TPSA) is 70.4 Å². The number of pyridine rings is 1. The summed E-state index contributed by atoms with van der Waals surface area (Å²) in [7, 11) is 0. The number of carboxylic acid groups (broad SMARTS) is 1. The molecule has 1 aliphatic carbocycles. The Bertz CT molecular complexity index is 1260. The molecular formula is C31H34ClNO3S. The summed E-state index contributed by atoms with van der Waals surface area (Å²) < 4.78 is 0. The van der Waals surface area contributed by atoms with Crippen molar-refractivity contribution in [2.75, 3.05) is 5.75 Å². The van der Waals surface area contributed by atoms with Crippen molar-refractivity contribution in [2.45, 2.75) is 56.8 Å². The lowest BCUT2D eigenvalue weighted by Crippen LogP contribution is -2.18. The second kappa shape index (κ2) is 11.8. The number of rotatable bonds is 12. The maximum atomic E-state index is 11.4. The van der Waals surface area contributed by atoms with E-state index in [9.17, 15) is 15.0 Å². The molecule has 1 aliphatic rings. The van der Waals surface area contributed by atoms with Gasteiger partial charge in [0.25, 0.3) is 0 Å². The van der Waals surface area contributed by atoms with E-state index in [0.717, 1.165) is 53.8 Å². The molecule has 0 unspecified atom stereocenters. The van der Waals surface area contributed by atoms with Crippen molar-refractivity contribution in [1.29, 1.82) is 0 Å². The Labute approximate surface area is 228 Å². The van der Waals surface area contributed by atoms with Crippen molar-refractivity contribution in [3.05, 3.63) is 99.8 Å². The average molecular weight is 536 g/mol. The van der Waals surface area contributed by atoms with Crippen molar-refractivity contribution in [2.24, 2.45) is 5.41 Å². The van der Waals surface area contributed by atoms with Crippen LogP contribution in [0.25, 0.3) is 12.2 Å². The molecule has 3 aromatic rings. The summed E-state index contributed by atoms with van der Waals surface area (Å²) in [6.45, 7) is 3.65. The van der Waals surface area contributed by atoms with Crippen molar-refractivity contribution >= 4 is 41.5 Å². The highest BCUT2D eigenvalue weighted by molar-refractivity contribution is 7.99. The van der Waals surface area contributed by atoms with Crippen LogP contribution in [0.1, 0.15) is 72.7 Å². The van der Waals surface area contributed by atoms with E-state index in [1.54, 1.807) is 6.07 Å². The predicted octanol–water partition coefficient (Wildman–Crippen LogP) is 7.79. The fourth-order valence-corrected chi connectivity index (χ4v) is 6.42. The van der Waals surface area contributed by atoms with E-state index in [0.29, 0.717) is 5.15 Å². The Balaban J connectivity index is 1.55. The number of nitrogens with zero attached hydrogens (tertiary/aromatic N) is 1. The molecule has 2 N–H and O–H groups in total. The number of benzene rings is 2. The normalized spacial score (nSPS) is 15.6. The molecule has 1 aromatic heterocycles. The lowest BCUT2D eigenvalue weighted by molar-refractivity contribution is -0.138. The van der Waals surface area contributed by atoms with Crippen LogP contribution < -0.4 is 0 Å². The smallest absolute Gasteiger partial charge is 0.303 e. The molecule has 0 radical (unpaired) electrons. The van der Waals surface area contributed by atoms with Crippen LogP contribution in [-0.4, -0.2) is 26.9 Å². The predicted molar refractivity (Wildman–Crippen MR) is 154 cm³/mol. The molecular weight excluding hydrogens is 502 g/mol. The van der Waals surface area contributed by atoms with Gasteiger partial charge < -0.3 is 10.2 Å². The number of carbonyl (C=O) groups is 1. The van der Waals surface area contributed by atoms with E-state index in [-0.39, 0.29) is 17.1 Å². The van der Waals surface area contributed by atoms with E-state index in [4.69, 9.17) is 11.6 Å². The zero-order valence-electron chi connectivity index (χ0n) is 21.4. The van der Waals surface area contributed by atoms with Crippen molar-refractivity contribution in [3.8, 4) is 0 Å². The molecule has 2 aromatic carbocycles. The van der Waals surface area contributed by atoms with Crippen LogP contribution in [0.15, 0.2) is 66.7 Å². The largest absolute Gasteiger partial charge is 0.481 e. The van der Waals surface area contributed by atoms with Crippen LogP contribution in [0.5, 0.6) is 0 Å². The first-order chi connectivity index (χ1) is 17.6. The monoisotopic (exact) mass is 535 g/mol. The number of aliphatic hydroxyl groups is 1. The fraction of sp³-hybridized carbons (Fsp3) is 0.355. The lowest BCUT2D eigenvalue weighted by atomic mass is 9.90. The summed E-state index contributed by atoms with van der Waals surface area (Å²) in [6, 6.07) is 22.2. The molecule has 0 spiro atoms. The molecule has 4 rings (SSSR count). The molecule has 4 nitrogen and oxygen atoms in total. The summed E-state index contributed by atoms with van der Waals surface area (Å²) >= 11 is 7.89. The van der Waals surface area contributed by atoms with Crippen LogP contribution in [0.2, 0.25) is 5.15 Å². The van der Waals surface area contributed by atoms with Gasteiger partial charge in [-0.2, -0.15) is 11.8 Å². The van der Waals surface area contributed by atoms with Crippen molar-refractivity contribution in [3.63, 3.8) is 0 Å². The zero-order chi connectivity index (χ0) is 26.5. The fourth-order valence-electron chi connectivity index (χ4n) is 4.68. The molecule has 0 saturated heterocycles. The molecule has 1 heterocycles. The Hall–Kier alpha value is -2.60. The number of carboxylic acids is 1. The van der Waals surface area contributed by atoms with Gasteiger partial charge in [0, 0.05) is 11.0 Å². The molecule has 1 fully saturated rings. The second-order valence-corrected chi connectivity index (χ2v) is 12.1. The molecule has 6 heteroatoms. The van der Waals surface area contributed by atoms with Crippen LogP contribution in [-0.2, 0) is 16.8 Å². The first-order valence-corrected chi connectivity index (χ1v) is 14.1. The summed E-state index contributed by atoms with van der Waals surface area (Å²) in [5, 5.41) is 20.7. The lowest BCUT2D eigenvalue weighted by Gasteiger charge is -2.24. The molecule has 1 atom stereocenters. The number of aryl methyl sites for hydroxylation is 1. The molecule has 0 bridgehead atoms. The highest BCUT2D eigenvalue weighted by Crippen LogP contribution is 2.53. The zero-order valence-corrected chi connectivity index (χ0v) is 22.9. The Morgan fingerprint density at radius 3 is 2.57 bits per heavy atom. The highest BCUT2D eigenvalue weighted by Gasteiger charge is 2.44. The summed E-state index contributed by atoms with van der Waals surface area (Å²) in [6.07, 6.45) is 7.93. The van der Waals surface area contributed by atoms with Gasteiger partial charge in [0.15, 0.2) is 0 Å². The number of thioether (sulfide) groups is 1. The quantitative estimate of drug-likeness (QED) is 0.231. The third-order valence-electron chi connectivity index (χ3n) is 6.89. The summed E-state index contributed by atoms with van der Waals surface area (Å²) in [5.41, 5.74) is 4.22. The number of hydrogen-bond donors (Lipinski definition) is 2. The molecule has 0 amide bonds. The van der Waals surface area contributed by atoms with Crippen LogP contribution in [0, 0.1) is 5.41 Å². The van der Waals surface area contributed by atoms with Crippen LogP contribution in [0.4, 0.5) is 0 Å². The number of aliphatic carboxylic acids is 1. The van der Waals surface area contributed by atoms with E-state index >= 15 is 0 Å². The van der Waals surface area contributed by atoms with Gasteiger partial charge in [-0.3, -0.25) is 4.79 Å². The van der Waals surface area contributed by atoms with Gasteiger partial charge >= 0.3 is 5.97 Å². The van der Waals surface area contributed by atoms with Gasteiger partial charge in [0.05, 0.1) is 17.7 Å². The first kappa shape index (κ1) is 27.4. The average Bonchev–Trinajstić information content (AvgIpc) is 3.61. The van der Waals surface area contributed by atoms with E-state index in [1.807, 2.05) is 68.1 Å². The van der Waals surface area contributed by atoms with Crippen LogP contribution >= 0.6 is 23.4 Å². The van der Waals surface area contributed by atoms with Gasteiger partial charge in [-0.05, 0) is 85.4 Å². The van der Waals surface area contributed by atoms with E-state index in [2.05, 4.69) is 35.3 Å². The number of hydrogen-bond acceptors (Lipinski definition) is 4. The minimum atomic E-state index is -0.905. The minimum absolute atomic E-state index is 0.0739. The van der Waals surface area contributed by atoms with Gasteiger partial charge in [-0.15, -0.1) is 0 Å². The van der Waals surface area contributed by atoms with E-state index in [1.165, 1.54) is 5.56 Å². The van der Waals surface area contributed by atoms with Crippen molar-refractivity contribution in [1.82, 2.24) is 4.98 Å². The summed E-state index contributed by atoms with van der Waals surface area (Å²) in [4.78, 5) is 15.7. The molecule has 0 aliphatic heterocycles. The molecule has 194 valence electrons. The van der Waals surface area contributed by atoms with Gasteiger partial charge in [0.1, 0.15) is 5.15 Å². The van der Waals surface area contributed by atoms with E-state index < -0.39 is 11.6 Å². The minimum Gasteiger partial charge on any atom is -0.481 e. The Morgan fingerprint density at radius 1 is 1.11 bits per heavy atom.